The number of hydrogen-bond donors (Lipinski definition) is 1. The lowest BCUT2D eigenvalue weighted by Crippen LogP contribution is -2.12. The fourth-order valence-corrected chi connectivity index (χ4v) is 4.49. The zero-order valence-electron chi connectivity index (χ0n) is 11.6. The molecule has 0 amide bonds. The maximum atomic E-state index is 6.31. The van der Waals surface area contributed by atoms with Crippen molar-refractivity contribution >= 4 is 11.3 Å². The van der Waals surface area contributed by atoms with Gasteiger partial charge in [0.1, 0.15) is 5.01 Å². The van der Waals surface area contributed by atoms with E-state index >= 15 is 0 Å². The fourth-order valence-electron chi connectivity index (χ4n) is 3.20. The molecule has 0 bridgehead atoms. The van der Waals surface area contributed by atoms with Crippen molar-refractivity contribution in [3.8, 4) is 0 Å². The molecule has 1 aromatic heterocycles. The Labute approximate surface area is 124 Å². The number of nitrogens with two attached hydrogens (primary N) is 1. The molecule has 0 radical (unpaired) electrons. The SMILES string of the molecule is NC(c1nc2c(s1)CC(c1ccccc1)CC2)C1CC1. The number of fused-ring (bicyclic) bond motifs is 1. The highest BCUT2D eigenvalue weighted by molar-refractivity contribution is 7.11. The van der Waals surface area contributed by atoms with Crippen LogP contribution in [0.3, 0.4) is 0 Å². The second kappa shape index (κ2) is 4.97. The zero-order valence-corrected chi connectivity index (χ0v) is 12.4. The summed E-state index contributed by atoms with van der Waals surface area (Å²) in [5, 5.41) is 1.19. The van der Waals surface area contributed by atoms with Gasteiger partial charge in [-0.05, 0) is 49.5 Å². The number of aryl methyl sites for hydroxylation is 1. The Kier molecular flexibility index (Phi) is 3.12. The van der Waals surface area contributed by atoms with Crippen LogP contribution in [0.2, 0.25) is 0 Å². The highest BCUT2D eigenvalue weighted by atomic mass is 32.1. The molecule has 2 unspecified atom stereocenters. The summed E-state index contributed by atoms with van der Waals surface area (Å²) < 4.78 is 0. The van der Waals surface area contributed by atoms with Gasteiger partial charge >= 0.3 is 0 Å². The quantitative estimate of drug-likeness (QED) is 0.930. The van der Waals surface area contributed by atoms with Gasteiger partial charge in [0, 0.05) is 4.88 Å². The average molecular weight is 284 g/mol. The van der Waals surface area contributed by atoms with Gasteiger partial charge in [-0.1, -0.05) is 30.3 Å². The fraction of sp³-hybridized carbons (Fsp3) is 0.471. The van der Waals surface area contributed by atoms with Gasteiger partial charge in [0.15, 0.2) is 0 Å². The molecule has 1 aromatic carbocycles. The highest BCUT2D eigenvalue weighted by Crippen LogP contribution is 2.43. The van der Waals surface area contributed by atoms with Crippen LogP contribution in [-0.2, 0) is 12.8 Å². The van der Waals surface area contributed by atoms with Gasteiger partial charge in [0.2, 0.25) is 0 Å². The summed E-state index contributed by atoms with van der Waals surface area (Å²) in [4.78, 5) is 6.32. The minimum absolute atomic E-state index is 0.195. The van der Waals surface area contributed by atoms with Crippen molar-refractivity contribution < 1.29 is 0 Å². The third-order valence-electron chi connectivity index (χ3n) is 4.64. The van der Waals surface area contributed by atoms with Gasteiger partial charge in [-0.3, -0.25) is 0 Å². The number of benzene rings is 1. The van der Waals surface area contributed by atoms with Gasteiger partial charge in [-0.25, -0.2) is 4.98 Å². The van der Waals surface area contributed by atoms with E-state index in [1.54, 1.807) is 0 Å². The number of thiazole rings is 1. The van der Waals surface area contributed by atoms with E-state index in [1.807, 2.05) is 11.3 Å². The predicted octanol–water partition coefficient (Wildman–Crippen LogP) is 3.83. The van der Waals surface area contributed by atoms with Crippen LogP contribution in [0.5, 0.6) is 0 Å². The molecule has 2 aliphatic rings. The molecule has 2 N–H and O–H groups in total. The van der Waals surface area contributed by atoms with Crippen molar-refractivity contribution in [2.45, 2.75) is 44.1 Å². The predicted molar refractivity (Wildman–Crippen MR) is 83.0 cm³/mol. The van der Waals surface area contributed by atoms with Crippen LogP contribution >= 0.6 is 11.3 Å². The van der Waals surface area contributed by atoms with Crippen molar-refractivity contribution in [3.05, 3.63) is 51.5 Å². The van der Waals surface area contributed by atoms with Crippen LogP contribution < -0.4 is 5.73 Å². The molecule has 104 valence electrons. The monoisotopic (exact) mass is 284 g/mol. The Morgan fingerprint density at radius 2 is 1.95 bits per heavy atom. The number of rotatable bonds is 3. The first-order valence-corrected chi connectivity index (χ1v) is 8.42. The van der Waals surface area contributed by atoms with Crippen LogP contribution in [0.1, 0.15) is 52.4 Å². The van der Waals surface area contributed by atoms with Crippen LogP contribution in [0.15, 0.2) is 30.3 Å². The molecule has 2 aliphatic carbocycles. The summed E-state index contributed by atoms with van der Waals surface area (Å²) >= 11 is 1.87. The van der Waals surface area contributed by atoms with Gasteiger partial charge in [-0.15, -0.1) is 11.3 Å². The summed E-state index contributed by atoms with van der Waals surface area (Å²) in [6.07, 6.45) is 6.06. The molecule has 1 heterocycles. The van der Waals surface area contributed by atoms with E-state index in [-0.39, 0.29) is 6.04 Å². The van der Waals surface area contributed by atoms with E-state index in [0.29, 0.717) is 11.8 Å². The first kappa shape index (κ1) is 12.5. The van der Waals surface area contributed by atoms with E-state index in [2.05, 4.69) is 30.3 Å². The molecule has 4 rings (SSSR count). The molecular weight excluding hydrogens is 264 g/mol. The number of hydrogen-bond acceptors (Lipinski definition) is 3. The molecule has 2 nitrogen and oxygen atoms in total. The average Bonchev–Trinajstić information content (AvgIpc) is 3.25. The van der Waals surface area contributed by atoms with Crippen molar-refractivity contribution in [1.82, 2.24) is 4.98 Å². The van der Waals surface area contributed by atoms with Gasteiger partial charge in [0.05, 0.1) is 11.7 Å². The van der Waals surface area contributed by atoms with Crippen molar-refractivity contribution in [3.63, 3.8) is 0 Å². The summed E-state index contributed by atoms with van der Waals surface area (Å²) in [6, 6.07) is 11.1. The Hall–Kier alpha value is -1.19. The second-order valence-electron chi connectivity index (χ2n) is 6.14. The lowest BCUT2D eigenvalue weighted by molar-refractivity contribution is 0.579. The minimum atomic E-state index is 0.195. The smallest absolute Gasteiger partial charge is 0.110 e. The second-order valence-corrected chi connectivity index (χ2v) is 7.25. The first-order chi connectivity index (χ1) is 9.81. The number of aromatic nitrogens is 1. The Bertz CT molecular complexity index is 601. The van der Waals surface area contributed by atoms with Gasteiger partial charge in [-0.2, -0.15) is 0 Å². The molecule has 0 spiro atoms. The Morgan fingerprint density at radius 1 is 1.15 bits per heavy atom. The van der Waals surface area contributed by atoms with Crippen LogP contribution in [0.4, 0.5) is 0 Å². The van der Waals surface area contributed by atoms with E-state index in [9.17, 15) is 0 Å². The van der Waals surface area contributed by atoms with Crippen LogP contribution in [-0.4, -0.2) is 4.98 Å². The topological polar surface area (TPSA) is 38.9 Å². The Morgan fingerprint density at radius 3 is 2.70 bits per heavy atom. The zero-order chi connectivity index (χ0) is 13.5. The summed E-state index contributed by atoms with van der Waals surface area (Å²) in [7, 11) is 0. The summed E-state index contributed by atoms with van der Waals surface area (Å²) in [5.41, 5.74) is 9.10. The largest absolute Gasteiger partial charge is 0.322 e. The molecule has 1 saturated carbocycles. The Balaban J connectivity index is 1.56. The molecule has 0 saturated heterocycles. The first-order valence-electron chi connectivity index (χ1n) is 7.60. The lowest BCUT2D eigenvalue weighted by Gasteiger charge is -2.21. The van der Waals surface area contributed by atoms with E-state index in [4.69, 9.17) is 10.7 Å². The highest BCUT2D eigenvalue weighted by Gasteiger charge is 2.33. The normalized spacial score (nSPS) is 23.4. The van der Waals surface area contributed by atoms with Crippen LogP contribution in [0.25, 0.3) is 0 Å². The molecule has 0 aliphatic heterocycles. The van der Waals surface area contributed by atoms with Crippen LogP contribution in [0, 0.1) is 5.92 Å². The van der Waals surface area contributed by atoms with E-state index in [0.717, 1.165) is 12.8 Å². The molecule has 2 atom stereocenters. The third kappa shape index (κ3) is 2.29. The summed E-state index contributed by atoms with van der Waals surface area (Å²) in [5.74, 6) is 1.36. The summed E-state index contributed by atoms with van der Waals surface area (Å²) in [6.45, 7) is 0. The molecule has 3 heteroatoms. The molecule has 2 aromatic rings. The maximum absolute atomic E-state index is 6.31. The maximum Gasteiger partial charge on any atom is 0.110 e. The van der Waals surface area contributed by atoms with Crippen molar-refractivity contribution in [1.29, 1.82) is 0 Å². The molecule has 20 heavy (non-hydrogen) atoms. The van der Waals surface area contributed by atoms with Gasteiger partial charge in [0.25, 0.3) is 0 Å². The standard InChI is InChI=1S/C17H20N2S/c18-16(12-6-7-12)17-19-14-9-8-13(10-15(14)20-17)11-4-2-1-3-5-11/h1-5,12-13,16H,6-10,18H2. The van der Waals surface area contributed by atoms with Crippen molar-refractivity contribution in [2.24, 2.45) is 11.7 Å². The van der Waals surface area contributed by atoms with E-state index in [1.165, 1.54) is 40.4 Å². The van der Waals surface area contributed by atoms with E-state index < -0.39 is 0 Å². The van der Waals surface area contributed by atoms with Crippen molar-refractivity contribution in [2.75, 3.05) is 0 Å². The minimum Gasteiger partial charge on any atom is -0.322 e. The number of nitrogens with zero attached hydrogens (tertiary/aromatic N) is 1. The van der Waals surface area contributed by atoms with Gasteiger partial charge < -0.3 is 5.73 Å². The molecular formula is C17H20N2S. The third-order valence-corrected chi connectivity index (χ3v) is 5.86. The molecule has 1 fully saturated rings. The lowest BCUT2D eigenvalue weighted by atomic mass is 9.85.